The molecule has 2 atom stereocenters. The maximum Gasteiger partial charge on any atom is 0.422 e. The van der Waals surface area contributed by atoms with Gasteiger partial charge in [0.2, 0.25) is 11.4 Å². The van der Waals surface area contributed by atoms with Crippen LogP contribution in [0.1, 0.15) is 38.8 Å². The number of carbonyl (C=O) groups is 4. The van der Waals surface area contributed by atoms with E-state index in [0.717, 1.165) is 0 Å². The lowest BCUT2D eigenvalue weighted by Gasteiger charge is -2.36. The number of fused-ring (bicyclic) bond motifs is 1. The minimum absolute atomic E-state index is 0.0325. The Morgan fingerprint density at radius 2 is 1.31 bits per heavy atom. The number of benzene rings is 3. The molecule has 3 aromatic carbocycles. The summed E-state index contributed by atoms with van der Waals surface area (Å²) in [5.41, 5.74) is -2.81. The summed E-state index contributed by atoms with van der Waals surface area (Å²) in [5, 5.41) is 1.88. The minimum Gasteiger partial charge on any atom is -0.464 e. The predicted molar refractivity (Wildman–Crippen MR) is 135 cm³/mol. The molecule has 0 bridgehead atoms. The summed E-state index contributed by atoms with van der Waals surface area (Å²) in [7, 11) is 0. The SMILES string of the molecule is CCOC(=O)[C@](Cc1ccccc1)(NC(=O)[C@H](Cc1ccccc1)N1C(=O)c2ccccc2C1=O)C(F)(F)F. The van der Waals surface area contributed by atoms with Gasteiger partial charge in [0.25, 0.3) is 11.8 Å². The van der Waals surface area contributed by atoms with Crippen LogP contribution in [0.25, 0.3) is 0 Å². The molecule has 39 heavy (non-hydrogen) atoms. The Bertz CT molecular complexity index is 1340. The molecule has 1 heterocycles. The monoisotopic (exact) mass is 538 g/mol. The first-order valence-corrected chi connectivity index (χ1v) is 12.2. The molecule has 3 aromatic rings. The van der Waals surface area contributed by atoms with Gasteiger partial charge in [0.05, 0.1) is 17.7 Å². The van der Waals surface area contributed by atoms with Gasteiger partial charge in [0, 0.05) is 12.8 Å². The van der Waals surface area contributed by atoms with Crippen LogP contribution in [0.15, 0.2) is 84.9 Å². The highest BCUT2D eigenvalue weighted by molar-refractivity contribution is 6.23. The van der Waals surface area contributed by atoms with Gasteiger partial charge in [-0.05, 0) is 30.2 Å². The number of carbonyl (C=O) groups excluding carboxylic acids is 4. The Labute approximate surface area is 222 Å². The quantitative estimate of drug-likeness (QED) is 0.327. The average molecular weight is 539 g/mol. The van der Waals surface area contributed by atoms with Crippen LogP contribution in [0.4, 0.5) is 13.2 Å². The number of halogens is 3. The summed E-state index contributed by atoms with van der Waals surface area (Å²) < 4.78 is 49.1. The van der Waals surface area contributed by atoms with Gasteiger partial charge < -0.3 is 10.1 Å². The van der Waals surface area contributed by atoms with E-state index >= 15 is 0 Å². The molecule has 3 amide bonds. The normalized spacial score (nSPS) is 15.3. The van der Waals surface area contributed by atoms with Gasteiger partial charge in [-0.2, -0.15) is 13.2 Å². The lowest BCUT2D eigenvalue weighted by atomic mass is 9.88. The van der Waals surface area contributed by atoms with Crippen molar-refractivity contribution in [3.05, 3.63) is 107 Å². The first-order valence-electron chi connectivity index (χ1n) is 12.2. The lowest BCUT2D eigenvalue weighted by Crippen LogP contribution is -2.68. The maximum absolute atomic E-state index is 14.8. The van der Waals surface area contributed by atoms with Crippen molar-refractivity contribution in [1.82, 2.24) is 10.2 Å². The van der Waals surface area contributed by atoms with E-state index in [1.165, 1.54) is 55.5 Å². The molecule has 0 spiro atoms. The topological polar surface area (TPSA) is 92.8 Å². The lowest BCUT2D eigenvalue weighted by molar-refractivity contribution is -0.214. The van der Waals surface area contributed by atoms with Crippen molar-refractivity contribution in [1.29, 1.82) is 0 Å². The van der Waals surface area contributed by atoms with E-state index in [1.807, 2.05) is 5.32 Å². The molecule has 0 aromatic heterocycles. The average Bonchev–Trinajstić information content (AvgIpc) is 3.17. The Morgan fingerprint density at radius 1 is 0.821 bits per heavy atom. The molecule has 4 rings (SSSR count). The number of hydrogen-bond donors (Lipinski definition) is 1. The highest BCUT2D eigenvalue weighted by Gasteiger charge is 2.63. The standard InChI is InChI=1S/C29H25F3N2O5/c1-2-39-27(38)28(29(30,31)32,18-20-13-7-4-8-14-20)33-24(35)23(17-19-11-5-3-6-12-19)34-25(36)21-15-9-10-16-22(21)26(34)37/h3-16,23H,2,17-18H2,1H3,(H,33,35)/t23-,28-/m0/s1. The molecular formula is C29H25F3N2O5. The van der Waals surface area contributed by atoms with Gasteiger partial charge in [-0.1, -0.05) is 72.8 Å². The number of ether oxygens (including phenoxy) is 1. The molecule has 1 aliphatic rings. The number of alkyl halides is 3. The minimum atomic E-state index is -5.29. The predicted octanol–water partition coefficient (Wildman–Crippen LogP) is 4.12. The van der Waals surface area contributed by atoms with Crippen LogP contribution >= 0.6 is 0 Å². The van der Waals surface area contributed by atoms with Crippen LogP contribution in [0, 0.1) is 0 Å². The van der Waals surface area contributed by atoms with Gasteiger partial charge in [-0.3, -0.25) is 19.3 Å². The molecule has 1 N–H and O–H groups in total. The Balaban J connectivity index is 1.79. The highest BCUT2D eigenvalue weighted by Crippen LogP contribution is 2.36. The maximum atomic E-state index is 14.8. The van der Waals surface area contributed by atoms with Gasteiger partial charge in [-0.15, -0.1) is 0 Å². The van der Waals surface area contributed by atoms with Crippen molar-refractivity contribution >= 4 is 23.7 Å². The second-order valence-electron chi connectivity index (χ2n) is 9.01. The number of hydrogen-bond acceptors (Lipinski definition) is 5. The van der Waals surface area contributed by atoms with Crippen molar-refractivity contribution in [3.63, 3.8) is 0 Å². The van der Waals surface area contributed by atoms with Crippen LogP contribution in [-0.2, 0) is 27.2 Å². The summed E-state index contributed by atoms with van der Waals surface area (Å²) in [6.07, 6.45) is -6.52. The van der Waals surface area contributed by atoms with Crippen molar-refractivity contribution in [3.8, 4) is 0 Å². The number of nitrogens with one attached hydrogen (secondary N) is 1. The zero-order valence-corrected chi connectivity index (χ0v) is 20.9. The summed E-state index contributed by atoms with van der Waals surface area (Å²) in [6.45, 7) is 0.980. The van der Waals surface area contributed by atoms with E-state index in [1.54, 1.807) is 36.4 Å². The molecule has 7 nitrogen and oxygen atoms in total. The Morgan fingerprint density at radius 3 is 1.79 bits per heavy atom. The third-order valence-corrected chi connectivity index (χ3v) is 6.47. The third-order valence-electron chi connectivity index (χ3n) is 6.47. The Hall–Kier alpha value is -4.47. The van der Waals surface area contributed by atoms with Crippen molar-refractivity contribution in [2.24, 2.45) is 0 Å². The Kier molecular flexibility index (Phi) is 7.85. The largest absolute Gasteiger partial charge is 0.464 e. The molecule has 0 fully saturated rings. The fraction of sp³-hybridized carbons (Fsp3) is 0.241. The summed E-state index contributed by atoms with van der Waals surface area (Å²) in [6, 6.07) is 19.8. The summed E-state index contributed by atoms with van der Waals surface area (Å²) >= 11 is 0. The van der Waals surface area contributed by atoms with Crippen molar-refractivity contribution < 1.29 is 37.1 Å². The van der Waals surface area contributed by atoms with Crippen molar-refractivity contribution in [2.75, 3.05) is 6.61 Å². The molecule has 0 unspecified atom stereocenters. The first kappa shape index (κ1) is 27.6. The molecule has 202 valence electrons. The number of amides is 3. The molecule has 10 heteroatoms. The molecule has 0 saturated heterocycles. The van der Waals surface area contributed by atoms with E-state index in [4.69, 9.17) is 4.74 Å². The fourth-order valence-corrected chi connectivity index (χ4v) is 4.53. The third kappa shape index (κ3) is 5.41. The molecule has 0 radical (unpaired) electrons. The second-order valence-corrected chi connectivity index (χ2v) is 9.01. The molecule has 0 saturated carbocycles. The van der Waals surface area contributed by atoms with Crippen LogP contribution in [0.3, 0.4) is 0 Å². The fourth-order valence-electron chi connectivity index (χ4n) is 4.53. The smallest absolute Gasteiger partial charge is 0.422 e. The van der Waals surface area contributed by atoms with E-state index in [9.17, 15) is 32.3 Å². The zero-order chi connectivity index (χ0) is 28.2. The highest BCUT2D eigenvalue weighted by atomic mass is 19.4. The zero-order valence-electron chi connectivity index (χ0n) is 20.9. The van der Waals surface area contributed by atoms with E-state index in [2.05, 4.69) is 0 Å². The summed E-state index contributed by atoms with van der Waals surface area (Å²) in [4.78, 5) is 53.9. The van der Waals surface area contributed by atoms with Crippen molar-refractivity contribution in [2.45, 2.75) is 37.5 Å². The van der Waals surface area contributed by atoms with Gasteiger partial charge in [-0.25, -0.2) is 4.79 Å². The number of esters is 1. The van der Waals surface area contributed by atoms with Gasteiger partial charge in [0.15, 0.2) is 0 Å². The number of rotatable bonds is 9. The van der Waals surface area contributed by atoms with Gasteiger partial charge in [0.1, 0.15) is 6.04 Å². The molecule has 1 aliphatic heterocycles. The van der Waals surface area contributed by atoms with E-state index < -0.39 is 47.9 Å². The van der Waals surface area contributed by atoms with Crippen LogP contribution in [-0.4, -0.2) is 53.0 Å². The first-order chi connectivity index (χ1) is 18.6. The van der Waals surface area contributed by atoms with E-state index in [-0.39, 0.29) is 29.7 Å². The van der Waals surface area contributed by atoms with Crippen LogP contribution < -0.4 is 5.32 Å². The second kappa shape index (κ2) is 11.1. The number of nitrogens with zero attached hydrogens (tertiary/aromatic N) is 1. The molecular weight excluding hydrogens is 513 g/mol. The molecule has 0 aliphatic carbocycles. The number of imide groups is 1. The summed E-state index contributed by atoms with van der Waals surface area (Å²) in [5.74, 6) is -4.66. The van der Waals surface area contributed by atoms with Gasteiger partial charge >= 0.3 is 12.1 Å². The van der Waals surface area contributed by atoms with E-state index in [0.29, 0.717) is 10.5 Å². The van der Waals surface area contributed by atoms with Crippen LogP contribution in [0.2, 0.25) is 0 Å². The van der Waals surface area contributed by atoms with Crippen LogP contribution in [0.5, 0.6) is 0 Å².